The Bertz CT molecular complexity index is 1590. The molecule has 0 fully saturated rings. The molecule has 0 spiro atoms. The zero-order chi connectivity index (χ0) is 24.0. The van der Waals surface area contributed by atoms with Crippen molar-refractivity contribution in [1.82, 2.24) is 19.1 Å². The number of fused-ring (bicyclic) bond motifs is 1. The molecule has 0 bridgehead atoms. The van der Waals surface area contributed by atoms with Crippen LogP contribution in [0.4, 0.5) is 4.39 Å². The lowest BCUT2D eigenvalue weighted by atomic mass is 9.86. The number of hydrogen-bond donors (Lipinski definition) is 1. The van der Waals surface area contributed by atoms with Gasteiger partial charge in [0.15, 0.2) is 5.60 Å². The van der Waals surface area contributed by atoms with Crippen molar-refractivity contribution in [2.75, 3.05) is 0 Å². The number of aliphatic hydroxyl groups is 1. The highest BCUT2D eigenvalue weighted by molar-refractivity contribution is 6.30. The molecule has 3 heterocycles. The summed E-state index contributed by atoms with van der Waals surface area (Å²) in [5.74, 6) is -0.421. The average molecular weight is 475 g/mol. The maximum absolute atomic E-state index is 14.0. The highest BCUT2D eigenvalue weighted by Gasteiger charge is 2.38. The van der Waals surface area contributed by atoms with E-state index < -0.39 is 11.4 Å². The fraction of sp³-hybridized carbons (Fsp3) is 0.115. The van der Waals surface area contributed by atoms with E-state index in [1.165, 1.54) is 22.8 Å². The highest BCUT2D eigenvalue weighted by atomic mass is 35.5. The maximum atomic E-state index is 14.0. The van der Waals surface area contributed by atoms with E-state index in [-0.39, 0.29) is 5.56 Å². The number of halogens is 2. The highest BCUT2D eigenvalue weighted by Crippen LogP contribution is 2.37. The molecule has 2 aromatic carbocycles. The van der Waals surface area contributed by atoms with E-state index in [2.05, 4.69) is 4.98 Å². The molecule has 0 aliphatic rings. The quantitative estimate of drug-likeness (QED) is 0.419. The minimum absolute atomic E-state index is 0.249. The smallest absolute Gasteiger partial charge is 0.251 e. The van der Waals surface area contributed by atoms with E-state index in [0.717, 1.165) is 0 Å². The van der Waals surface area contributed by atoms with Crippen molar-refractivity contribution in [2.45, 2.75) is 5.60 Å². The molecule has 1 N–H and O–H groups in total. The maximum Gasteiger partial charge on any atom is 0.251 e. The van der Waals surface area contributed by atoms with Crippen molar-refractivity contribution in [3.63, 3.8) is 0 Å². The summed E-state index contributed by atoms with van der Waals surface area (Å²) < 4.78 is 17.2. The number of benzene rings is 2. The molecular weight excluding hydrogens is 455 g/mol. The Morgan fingerprint density at radius 3 is 2.47 bits per heavy atom. The van der Waals surface area contributed by atoms with E-state index >= 15 is 0 Å². The summed E-state index contributed by atoms with van der Waals surface area (Å²) in [5, 5.41) is 12.7. The number of nitrogens with zero attached hydrogens (tertiary/aromatic N) is 4. The van der Waals surface area contributed by atoms with Crippen LogP contribution in [0.1, 0.15) is 17.0 Å². The van der Waals surface area contributed by atoms with Gasteiger partial charge in [-0.1, -0.05) is 35.9 Å². The molecule has 3 aromatic heterocycles. The summed E-state index contributed by atoms with van der Waals surface area (Å²) >= 11 is 6.10. The van der Waals surface area contributed by atoms with Gasteiger partial charge < -0.3 is 14.2 Å². The fourth-order valence-electron chi connectivity index (χ4n) is 4.23. The Balaban J connectivity index is 1.84. The molecule has 5 rings (SSSR count). The first-order valence-electron chi connectivity index (χ1n) is 10.5. The molecule has 5 aromatic rings. The van der Waals surface area contributed by atoms with Gasteiger partial charge >= 0.3 is 0 Å². The van der Waals surface area contributed by atoms with Crippen LogP contribution >= 0.6 is 11.6 Å². The summed E-state index contributed by atoms with van der Waals surface area (Å²) in [4.78, 5) is 21.7. The number of rotatable bonds is 4. The van der Waals surface area contributed by atoms with Crippen LogP contribution in [0.3, 0.4) is 0 Å². The average Bonchev–Trinajstić information content (AvgIpc) is 3.27. The fourth-order valence-corrected chi connectivity index (χ4v) is 4.36. The number of aryl methyl sites for hydroxylation is 2. The molecule has 34 heavy (non-hydrogen) atoms. The van der Waals surface area contributed by atoms with E-state index in [0.29, 0.717) is 44.1 Å². The van der Waals surface area contributed by atoms with Gasteiger partial charge in [0.05, 0.1) is 34.9 Å². The molecule has 8 heteroatoms. The second kappa shape index (κ2) is 8.20. The topological polar surface area (TPSA) is 72.9 Å². The van der Waals surface area contributed by atoms with Gasteiger partial charge in [-0.2, -0.15) is 0 Å². The zero-order valence-corrected chi connectivity index (χ0v) is 19.2. The Morgan fingerprint density at radius 1 is 1.03 bits per heavy atom. The number of pyridine rings is 2. The van der Waals surface area contributed by atoms with Gasteiger partial charge in [0.1, 0.15) is 5.82 Å². The van der Waals surface area contributed by atoms with Crippen LogP contribution in [0, 0.1) is 5.82 Å². The minimum Gasteiger partial charge on any atom is -0.373 e. The molecule has 1 atom stereocenters. The van der Waals surface area contributed by atoms with Crippen LogP contribution in [0.5, 0.6) is 0 Å². The predicted octanol–water partition coefficient (Wildman–Crippen LogP) is 4.41. The monoisotopic (exact) mass is 474 g/mol. The largest absolute Gasteiger partial charge is 0.373 e. The molecule has 6 nitrogen and oxygen atoms in total. The molecule has 0 unspecified atom stereocenters. The van der Waals surface area contributed by atoms with Gasteiger partial charge in [0, 0.05) is 30.7 Å². The van der Waals surface area contributed by atoms with Gasteiger partial charge in [0.2, 0.25) is 0 Å². The normalized spacial score (nSPS) is 13.2. The molecule has 0 amide bonds. The van der Waals surface area contributed by atoms with Crippen LogP contribution in [-0.2, 0) is 19.7 Å². The van der Waals surface area contributed by atoms with E-state index in [9.17, 15) is 14.3 Å². The lowest BCUT2D eigenvalue weighted by Crippen LogP contribution is -2.32. The second-order valence-corrected chi connectivity index (χ2v) is 8.57. The summed E-state index contributed by atoms with van der Waals surface area (Å²) in [6, 6.07) is 17.7. The molecule has 170 valence electrons. The molecule has 0 saturated carbocycles. The molecular formula is C26H20ClFN4O2. The van der Waals surface area contributed by atoms with Crippen molar-refractivity contribution >= 4 is 22.6 Å². The Hall–Kier alpha value is -3.81. The van der Waals surface area contributed by atoms with Crippen LogP contribution in [0.15, 0.2) is 84.0 Å². The van der Waals surface area contributed by atoms with Crippen LogP contribution in [-0.4, -0.2) is 24.2 Å². The van der Waals surface area contributed by atoms with Crippen molar-refractivity contribution in [3.05, 3.63) is 117 Å². The van der Waals surface area contributed by atoms with Gasteiger partial charge in [-0.3, -0.25) is 4.79 Å². The SMILES string of the molecule is Cn1cncc1[C@@](O)(c1ccc(Cl)cc1)c1ccc2c(n1)c(-c1cccc(F)c1)cc(=O)n2C. The third-order valence-electron chi connectivity index (χ3n) is 6.04. The number of aromatic nitrogens is 4. The summed E-state index contributed by atoms with van der Waals surface area (Å²) in [7, 11) is 3.43. The predicted molar refractivity (Wildman–Crippen MR) is 129 cm³/mol. The molecule has 0 aliphatic heterocycles. The Morgan fingerprint density at radius 2 is 1.79 bits per heavy atom. The van der Waals surface area contributed by atoms with Crippen molar-refractivity contribution in [1.29, 1.82) is 0 Å². The summed E-state index contributed by atoms with van der Waals surface area (Å²) in [6.07, 6.45) is 3.17. The third-order valence-corrected chi connectivity index (χ3v) is 6.30. The molecule has 0 radical (unpaired) electrons. The Labute approximate surface area is 199 Å². The van der Waals surface area contributed by atoms with Gasteiger partial charge in [0.25, 0.3) is 5.56 Å². The van der Waals surface area contributed by atoms with E-state index in [1.807, 2.05) is 0 Å². The number of hydrogen-bond acceptors (Lipinski definition) is 4. The second-order valence-electron chi connectivity index (χ2n) is 8.14. The van der Waals surface area contributed by atoms with Crippen molar-refractivity contribution in [2.24, 2.45) is 14.1 Å². The lowest BCUT2D eigenvalue weighted by Gasteiger charge is -2.29. The standard InChI is InChI=1S/C26H20ClFN4O2/c1-31-15-29-14-23(31)26(34,17-6-8-18(27)9-7-17)22-11-10-21-25(30-22)20(13-24(33)32(21)2)16-4-3-5-19(28)12-16/h3-15,34H,1-2H3/t26-/m1/s1. The lowest BCUT2D eigenvalue weighted by molar-refractivity contribution is 0.113. The van der Waals surface area contributed by atoms with E-state index in [1.54, 1.807) is 79.7 Å². The van der Waals surface area contributed by atoms with Crippen LogP contribution in [0.25, 0.3) is 22.2 Å². The van der Waals surface area contributed by atoms with Gasteiger partial charge in [-0.05, 0) is 47.5 Å². The first-order valence-corrected chi connectivity index (χ1v) is 10.9. The summed E-state index contributed by atoms with van der Waals surface area (Å²) in [6.45, 7) is 0. The molecule has 0 saturated heterocycles. The minimum atomic E-state index is -1.67. The van der Waals surface area contributed by atoms with Crippen molar-refractivity contribution < 1.29 is 9.50 Å². The number of imidazole rings is 1. The van der Waals surface area contributed by atoms with Gasteiger partial charge in [-0.15, -0.1) is 0 Å². The zero-order valence-electron chi connectivity index (χ0n) is 18.4. The van der Waals surface area contributed by atoms with E-state index in [4.69, 9.17) is 16.6 Å². The van der Waals surface area contributed by atoms with Crippen LogP contribution < -0.4 is 5.56 Å². The first kappa shape index (κ1) is 22.0. The molecule has 0 aliphatic carbocycles. The van der Waals surface area contributed by atoms with Crippen molar-refractivity contribution in [3.8, 4) is 11.1 Å². The third kappa shape index (κ3) is 3.50. The Kier molecular flexibility index (Phi) is 5.31. The van der Waals surface area contributed by atoms with Crippen LogP contribution in [0.2, 0.25) is 5.02 Å². The first-order chi connectivity index (χ1) is 16.3. The summed E-state index contributed by atoms with van der Waals surface area (Å²) in [5.41, 5.74) is 1.45. The van der Waals surface area contributed by atoms with Gasteiger partial charge in [-0.25, -0.2) is 14.4 Å².